The number of halogens is 1. The molecule has 1 amide bonds. The molecule has 0 spiro atoms. The Bertz CT molecular complexity index is 388. The van der Waals surface area contributed by atoms with E-state index in [4.69, 9.17) is 16.3 Å². The molecule has 0 radical (unpaired) electrons. The molecule has 1 N–H and O–H groups in total. The summed E-state index contributed by atoms with van der Waals surface area (Å²) >= 11 is 6.01. The van der Waals surface area contributed by atoms with Crippen molar-refractivity contribution in [3.63, 3.8) is 0 Å². The summed E-state index contributed by atoms with van der Waals surface area (Å²) in [6.07, 6.45) is 1.98. The fourth-order valence-corrected chi connectivity index (χ4v) is 2.51. The van der Waals surface area contributed by atoms with Crippen molar-refractivity contribution in [3.05, 3.63) is 35.9 Å². The number of benzene rings is 1. The zero-order valence-electron chi connectivity index (χ0n) is 10.3. The van der Waals surface area contributed by atoms with E-state index < -0.39 is 0 Å². The number of nitrogens with one attached hydrogen (secondary N) is 1. The van der Waals surface area contributed by atoms with E-state index in [9.17, 15) is 4.79 Å². The van der Waals surface area contributed by atoms with Crippen LogP contribution in [0.15, 0.2) is 30.3 Å². The van der Waals surface area contributed by atoms with Gasteiger partial charge >= 0.3 is 0 Å². The number of amides is 1. The van der Waals surface area contributed by atoms with E-state index in [1.807, 2.05) is 30.3 Å². The fourth-order valence-electron chi connectivity index (χ4n) is 2.18. The van der Waals surface area contributed by atoms with E-state index in [1.54, 1.807) is 0 Å². The summed E-state index contributed by atoms with van der Waals surface area (Å²) in [5.41, 5.74) is 0.734. The van der Waals surface area contributed by atoms with Crippen molar-refractivity contribution in [1.82, 2.24) is 5.32 Å². The van der Waals surface area contributed by atoms with Gasteiger partial charge in [0.25, 0.3) is 0 Å². The van der Waals surface area contributed by atoms with Crippen LogP contribution in [0.5, 0.6) is 0 Å². The molecular weight excluding hydrogens is 250 g/mol. The molecule has 1 aromatic carbocycles. The van der Waals surface area contributed by atoms with E-state index in [-0.39, 0.29) is 11.4 Å². The van der Waals surface area contributed by atoms with Gasteiger partial charge in [-0.05, 0) is 18.4 Å². The lowest BCUT2D eigenvalue weighted by Crippen LogP contribution is -2.53. The summed E-state index contributed by atoms with van der Waals surface area (Å²) in [4.78, 5) is 12.0. The Morgan fingerprint density at radius 3 is 2.56 bits per heavy atom. The van der Waals surface area contributed by atoms with E-state index in [0.717, 1.165) is 18.4 Å². The average molecular weight is 268 g/mol. The van der Waals surface area contributed by atoms with Gasteiger partial charge in [0.15, 0.2) is 0 Å². The first kappa shape index (κ1) is 13.4. The largest absolute Gasteiger partial charge is 0.381 e. The molecule has 1 fully saturated rings. The van der Waals surface area contributed by atoms with Crippen LogP contribution in [0, 0.1) is 0 Å². The summed E-state index contributed by atoms with van der Waals surface area (Å²) in [6, 6.07) is 9.73. The van der Waals surface area contributed by atoms with E-state index >= 15 is 0 Å². The van der Waals surface area contributed by atoms with Crippen molar-refractivity contribution in [2.75, 3.05) is 19.1 Å². The normalized spacial score (nSPS) is 18.3. The maximum absolute atomic E-state index is 12.0. The highest BCUT2D eigenvalue weighted by molar-refractivity contribution is 6.18. The first-order chi connectivity index (χ1) is 8.74. The molecule has 1 aliphatic rings. The molecule has 0 atom stereocenters. The molecule has 0 aromatic heterocycles. The van der Waals surface area contributed by atoms with Gasteiger partial charge in [0, 0.05) is 19.1 Å². The minimum atomic E-state index is -0.286. The summed E-state index contributed by atoms with van der Waals surface area (Å²) in [5.74, 6) is 0.473. The van der Waals surface area contributed by atoms with Gasteiger partial charge in [-0.15, -0.1) is 11.6 Å². The highest BCUT2D eigenvalue weighted by Crippen LogP contribution is 2.22. The van der Waals surface area contributed by atoms with Crippen LogP contribution in [0.1, 0.15) is 18.4 Å². The van der Waals surface area contributed by atoms with Crippen molar-refractivity contribution in [3.8, 4) is 0 Å². The van der Waals surface area contributed by atoms with Gasteiger partial charge in [-0.25, -0.2) is 0 Å². The average Bonchev–Trinajstić information content (AvgIpc) is 2.41. The van der Waals surface area contributed by atoms with Crippen LogP contribution in [0.25, 0.3) is 0 Å². The summed E-state index contributed by atoms with van der Waals surface area (Å²) in [5, 5.41) is 3.08. The zero-order chi connectivity index (χ0) is 12.8. The van der Waals surface area contributed by atoms with Crippen molar-refractivity contribution in [2.24, 2.45) is 0 Å². The minimum Gasteiger partial charge on any atom is -0.381 e. The fraction of sp³-hybridized carbons (Fsp3) is 0.500. The Labute approximate surface area is 112 Å². The van der Waals surface area contributed by atoms with Crippen molar-refractivity contribution in [1.29, 1.82) is 0 Å². The van der Waals surface area contributed by atoms with Crippen LogP contribution in [-0.4, -0.2) is 30.5 Å². The Kier molecular flexibility index (Phi) is 4.61. The molecule has 0 aliphatic carbocycles. The molecule has 1 heterocycles. The molecule has 1 aromatic rings. The third kappa shape index (κ3) is 3.47. The van der Waals surface area contributed by atoms with Gasteiger partial charge in [-0.1, -0.05) is 30.3 Å². The lowest BCUT2D eigenvalue weighted by molar-refractivity contribution is -0.123. The lowest BCUT2D eigenvalue weighted by Gasteiger charge is -2.36. The second kappa shape index (κ2) is 6.21. The number of alkyl halides is 1. The Morgan fingerprint density at radius 1 is 1.28 bits per heavy atom. The number of carbonyl (C=O) groups is 1. The quantitative estimate of drug-likeness (QED) is 0.849. The van der Waals surface area contributed by atoms with Gasteiger partial charge in [0.1, 0.15) is 0 Å². The molecule has 0 bridgehead atoms. The van der Waals surface area contributed by atoms with E-state index in [2.05, 4.69) is 5.32 Å². The third-order valence-electron chi connectivity index (χ3n) is 3.32. The molecule has 18 heavy (non-hydrogen) atoms. The first-order valence-electron chi connectivity index (χ1n) is 6.23. The van der Waals surface area contributed by atoms with Gasteiger partial charge in [0.05, 0.1) is 12.0 Å². The third-order valence-corrected chi connectivity index (χ3v) is 3.83. The summed E-state index contributed by atoms with van der Waals surface area (Å²) < 4.78 is 5.32. The smallest absolute Gasteiger partial charge is 0.224 e. The first-order valence-corrected chi connectivity index (χ1v) is 6.76. The SMILES string of the molecule is O=C(Cc1ccccc1)NC1(CCl)CCOCC1. The maximum atomic E-state index is 12.0. The number of rotatable bonds is 4. The van der Waals surface area contributed by atoms with Crippen LogP contribution in [0.4, 0.5) is 0 Å². The monoisotopic (exact) mass is 267 g/mol. The molecule has 0 unspecified atom stereocenters. The summed E-state index contributed by atoms with van der Waals surface area (Å²) in [7, 11) is 0. The highest BCUT2D eigenvalue weighted by atomic mass is 35.5. The van der Waals surface area contributed by atoms with E-state index in [0.29, 0.717) is 25.5 Å². The van der Waals surface area contributed by atoms with Gasteiger partial charge < -0.3 is 10.1 Å². The van der Waals surface area contributed by atoms with Crippen LogP contribution in [0.3, 0.4) is 0 Å². The minimum absolute atomic E-state index is 0.0313. The number of ether oxygens (including phenoxy) is 1. The molecular formula is C14H18ClNO2. The van der Waals surface area contributed by atoms with Crippen LogP contribution < -0.4 is 5.32 Å². The highest BCUT2D eigenvalue weighted by Gasteiger charge is 2.33. The number of carbonyl (C=O) groups excluding carboxylic acids is 1. The Morgan fingerprint density at radius 2 is 1.94 bits per heavy atom. The van der Waals surface area contributed by atoms with Crippen LogP contribution in [0.2, 0.25) is 0 Å². The van der Waals surface area contributed by atoms with Gasteiger partial charge in [-0.3, -0.25) is 4.79 Å². The topological polar surface area (TPSA) is 38.3 Å². The predicted octanol–water partition coefficient (Wildman–Crippen LogP) is 2.13. The summed E-state index contributed by atoms with van der Waals surface area (Å²) in [6.45, 7) is 1.33. The molecule has 0 saturated carbocycles. The van der Waals surface area contributed by atoms with Crippen LogP contribution >= 0.6 is 11.6 Å². The van der Waals surface area contributed by atoms with Crippen LogP contribution in [-0.2, 0) is 16.0 Å². The Balaban J connectivity index is 1.93. The standard InChI is InChI=1S/C14H18ClNO2/c15-11-14(6-8-18-9-7-14)16-13(17)10-12-4-2-1-3-5-12/h1-5H,6-11H2,(H,16,17). The lowest BCUT2D eigenvalue weighted by atomic mass is 9.92. The maximum Gasteiger partial charge on any atom is 0.224 e. The number of hydrogen-bond acceptors (Lipinski definition) is 2. The molecule has 4 heteroatoms. The van der Waals surface area contributed by atoms with Crippen molar-refractivity contribution in [2.45, 2.75) is 24.8 Å². The predicted molar refractivity (Wildman–Crippen MR) is 71.8 cm³/mol. The molecule has 3 nitrogen and oxygen atoms in total. The van der Waals surface area contributed by atoms with Crippen molar-refractivity contribution < 1.29 is 9.53 Å². The second-order valence-corrected chi connectivity index (χ2v) is 5.00. The zero-order valence-corrected chi connectivity index (χ0v) is 11.1. The molecule has 1 saturated heterocycles. The number of hydrogen-bond donors (Lipinski definition) is 1. The molecule has 1 aliphatic heterocycles. The van der Waals surface area contributed by atoms with Gasteiger partial charge in [0.2, 0.25) is 5.91 Å². The van der Waals surface area contributed by atoms with Gasteiger partial charge in [-0.2, -0.15) is 0 Å². The molecule has 2 rings (SSSR count). The Hall–Kier alpha value is -1.06. The van der Waals surface area contributed by atoms with E-state index in [1.165, 1.54) is 0 Å². The van der Waals surface area contributed by atoms with Crippen molar-refractivity contribution >= 4 is 17.5 Å². The second-order valence-electron chi connectivity index (χ2n) is 4.74. The molecule has 98 valence electrons.